The highest BCUT2D eigenvalue weighted by Gasteiger charge is 1.88. The molecule has 0 saturated heterocycles. The summed E-state index contributed by atoms with van der Waals surface area (Å²) >= 11 is 0. The van der Waals surface area contributed by atoms with E-state index < -0.39 is 0 Å². The van der Waals surface area contributed by atoms with E-state index >= 15 is 0 Å². The van der Waals surface area contributed by atoms with Gasteiger partial charge >= 0.3 is 0 Å². The molecule has 0 spiro atoms. The Morgan fingerprint density at radius 2 is 1.06 bits per heavy atom. The van der Waals surface area contributed by atoms with Crippen LogP contribution in [0.2, 0.25) is 0 Å². The summed E-state index contributed by atoms with van der Waals surface area (Å²) in [5.41, 5.74) is 0. The van der Waals surface area contributed by atoms with Gasteiger partial charge in [0, 0.05) is 0 Å². The highest BCUT2D eigenvalue weighted by molar-refractivity contribution is 4.83. The van der Waals surface area contributed by atoms with E-state index in [1.165, 1.54) is 70.6 Å². The van der Waals surface area contributed by atoms with Gasteiger partial charge in [0.25, 0.3) is 0 Å². The smallest absolute Gasteiger partial charge is 0.0351 e. The summed E-state index contributed by atoms with van der Waals surface area (Å²) in [7, 11) is 0. The van der Waals surface area contributed by atoms with Crippen molar-refractivity contribution in [2.45, 2.75) is 84.0 Å². The van der Waals surface area contributed by atoms with E-state index in [4.69, 9.17) is 0 Å². The summed E-state index contributed by atoms with van der Waals surface area (Å²) in [5.74, 6) is 0. The first kappa shape index (κ1) is 17.5. The standard InChI is InChI=1S/C18H33/c1-3-5-7-9-11-13-15-17-18-16-14-12-10-8-6-4-2/h6,8,17-18H,1,3-5,7,9-16H2,2H3. The lowest BCUT2D eigenvalue weighted by Crippen LogP contribution is -1.78. The first-order valence-corrected chi connectivity index (χ1v) is 8.01. The summed E-state index contributed by atoms with van der Waals surface area (Å²) < 4.78 is 0. The van der Waals surface area contributed by atoms with E-state index in [9.17, 15) is 0 Å². The summed E-state index contributed by atoms with van der Waals surface area (Å²) in [4.78, 5) is 0. The van der Waals surface area contributed by atoms with Crippen LogP contribution in [0, 0.1) is 6.92 Å². The molecule has 0 heterocycles. The molecule has 0 unspecified atom stereocenters. The van der Waals surface area contributed by atoms with Gasteiger partial charge in [-0.2, -0.15) is 0 Å². The predicted octanol–water partition coefficient (Wildman–Crippen LogP) is 6.63. The van der Waals surface area contributed by atoms with Gasteiger partial charge in [0.1, 0.15) is 0 Å². The Labute approximate surface area is 116 Å². The lowest BCUT2D eigenvalue weighted by atomic mass is 10.1. The Balaban J connectivity index is 3.07. The minimum atomic E-state index is 1.10. The number of allylic oxidation sites excluding steroid dienone is 4. The van der Waals surface area contributed by atoms with Crippen LogP contribution in [0.25, 0.3) is 0 Å². The van der Waals surface area contributed by atoms with Gasteiger partial charge in [-0.05, 0) is 44.9 Å². The molecule has 1 radical (unpaired) electrons. The zero-order chi connectivity index (χ0) is 13.3. The maximum atomic E-state index is 3.87. The fourth-order valence-corrected chi connectivity index (χ4v) is 2.01. The second-order valence-electron chi connectivity index (χ2n) is 5.05. The Hall–Kier alpha value is -0.520. The molecule has 0 fully saturated rings. The molecule has 0 aromatic rings. The fourth-order valence-electron chi connectivity index (χ4n) is 2.01. The average Bonchev–Trinajstić information content (AvgIpc) is 2.39. The molecule has 0 nitrogen and oxygen atoms in total. The molecular formula is C18H33. The highest BCUT2D eigenvalue weighted by Crippen LogP contribution is 2.08. The molecule has 18 heavy (non-hydrogen) atoms. The molecule has 0 aliphatic heterocycles. The van der Waals surface area contributed by atoms with Crippen molar-refractivity contribution in [1.29, 1.82) is 0 Å². The molecule has 0 saturated carbocycles. The van der Waals surface area contributed by atoms with E-state index in [0.717, 1.165) is 6.42 Å². The Kier molecular flexibility index (Phi) is 16.0. The summed E-state index contributed by atoms with van der Waals surface area (Å²) in [6.45, 7) is 6.06. The minimum absolute atomic E-state index is 1.10. The van der Waals surface area contributed by atoms with Gasteiger partial charge in [-0.1, -0.05) is 70.3 Å². The quantitative estimate of drug-likeness (QED) is 0.254. The fraction of sp³-hybridized carbons (Fsp3) is 0.722. The lowest BCUT2D eigenvalue weighted by molar-refractivity contribution is 0.621. The first-order chi connectivity index (χ1) is 8.91. The minimum Gasteiger partial charge on any atom is -0.0888 e. The number of hydrogen-bond donors (Lipinski definition) is 0. The van der Waals surface area contributed by atoms with Crippen molar-refractivity contribution in [2.24, 2.45) is 0 Å². The second kappa shape index (κ2) is 16.5. The van der Waals surface area contributed by atoms with Crippen LogP contribution in [0.4, 0.5) is 0 Å². The third-order valence-corrected chi connectivity index (χ3v) is 3.18. The summed E-state index contributed by atoms with van der Waals surface area (Å²) in [6, 6.07) is 0. The molecule has 0 aliphatic rings. The van der Waals surface area contributed by atoms with Gasteiger partial charge in [-0.25, -0.2) is 0 Å². The maximum absolute atomic E-state index is 3.87. The van der Waals surface area contributed by atoms with Crippen molar-refractivity contribution in [1.82, 2.24) is 0 Å². The zero-order valence-electron chi connectivity index (χ0n) is 12.5. The molecule has 0 aliphatic carbocycles. The van der Waals surface area contributed by atoms with Crippen LogP contribution >= 0.6 is 0 Å². The number of hydrogen-bond acceptors (Lipinski definition) is 0. The van der Waals surface area contributed by atoms with Gasteiger partial charge < -0.3 is 0 Å². The normalized spacial score (nSPS) is 11.9. The van der Waals surface area contributed by atoms with Crippen LogP contribution < -0.4 is 0 Å². The third-order valence-electron chi connectivity index (χ3n) is 3.18. The van der Waals surface area contributed by atoms with Crippen molar-refractivity contribution in [3.8, 4) is 0 Å². The molecule has 0 heteroatoms. The SMILES string of the molecule is [CH2]CCCCCCCC=CCCCCC=CCC. The average molecular weight is 249 g/mol. The topological polar surface area (TPSA) is 0 Å². The largest absolute Gasteiger partial charge is 0.0888 e. The van der Waals surface area contributed by atoms with Crippen molar-refractivity contribution in [2.75, 3.05) is 0 Å². The molecule has 0 atom stereocenters. The van der Waals surface area contributed by atoms with Crippen molar-refractivity contribution in [3.63, 3.8) is 0 Å². The van der Waals surface area contributed by atoms with Crippen molar-refractivity contribution >= 4 is 0 Å². The highest BCUT2D eigenvalue weighted by atomic mass is 13.9. The molecule has 0 aromatic heterocycles. The molecule has 0 rings (SSSR count). The Morgan fingerprint density at radius 3 is 1.61 bits per heavy atom. The van der Waals surface area contributed by atoms with Crippen LogP contribution in [0.5, 0.6) is 0 Å². The molecule has 0 aromatic carbocycles. The maximum Gasteiger partial charge on any atom is -0.0351 e. The van der Waals surface area contributed by atoms with Crippen LogP contribution in [0.3, 0.4) is 0 Å². The third kappa shape index (κ3) is 15.5. The number of unbranched alkanes of at least 4 members (excludes halogenated alkanes) is 9. The summed E-state index contributed by atoms with van der Waals surface area (Å²) in [5, 5.41) is 0. The predicted molar refractivity (Wildman–Crippen MR) is 84.7 cm³/mol. The molecule has 0 bridgehead atoms. The lowest BCUT2D eigenvalue weighted by Gasteiger charge is -1.97. The zero-order valence-corrected chi connectivity index (χ0v) is 12.5. The Morgan fingerprint density at radius 1 is 0.611 bits per heavy atom. The first-order valence-electron chi connectivity index (χ1n) is 8.01. The summed E-state index contributed by atoms with van der Waals surface area (Å²) in [6.07, 6.45) is 24.9. The van der Waals surface area contributed by atoms with E-state index in [1.54, 1.807) is 0 Å². The van der Waals surface area contributed by atoms with Crippen LogP contribution in [-0.2, 0) is 0 Å². The van der Waals surface area contributed by atoms with Gasteiger partial charge in [0.05, 0.1) is 0 Å². The van der Waals surface area contributed by atoms with Crippen LogP contribution in [0.1, 0.15) is 84.0 Å². The van der Waals surface area contributed by atoms with Gasteiger partial charge in [0.15, 0.2) is 0 Å². The van der Waals surface area contributed by atoms with E-state index in [0.29, 0.717) is 0 Å². The Bertz CT molecular complexity index is 188. The van der Waals surface area contributed by atoms with Gasteiger partial charge in [-0.3, -0.25) is 0 Å². The van der Waals surface area contributed by atoms with E-state index in [1.807, 2.05) is 0 Å². The molecule has 105 valence electrons. The van der Waals surface area contributed by atoms with E-state index in [-0.39, 0.29) is 0 Å². The van der Waals surface area contributed by atoms with E-state index in [2.05, 4.69) is 38.2 Å². The monoisotopic (exact) mass is 249 g/mol. The van der Waals surface area contributed by atoms with Crippen LogP contribution in [-0.4, -0.2) is 0 Å². The van der Waals surface area contributed by atoms with Crippen molar-refractivity contribution in [3.05, 3.63) is 31.2 Å². The molecule has 0 N–H and O–H groups in total. The van der Waals surface area contributed by atoms with Crippen molar-refractivity contribution < 1.29 is 0 Å². The van der Waals surface area contributed by atoms with Gasteiger partial charge in [0.2, 0.25) is 0 Å². The van der Waals surface area contributed by atoms with Gasteiger partial charge in [-0.15, -0.1) is 0 Å². The molecular weight excluding hydrogens is 216 g/mol. The molecule has 0 amide bonds. The van der Waals surface area contributed by atoms with Crippen LogP contribution in [0.15, 0.2) is 24.3 Å². The number of rotatable bonds is 13. The second-order valence-corrected chi connectivity index (χ2v) is 5.05.